The van der Waals surface area contributed by atoms with E-state index in [2.05, 4.69) is 51.4 Å². The van der Waals surface area contributed by atoms with Gasteiger partial charge in [0.25, 0.3) is 0 Å². The first-order valence-corrected chi connectivity index (χ1v) is 12.3. The summed E-state index contributed by atoms with van der Waals surface area (Å²) in [6.07, 6.45) is 0. The molecule has 38 heavy (non-hydrogen) atoms. The molecular weight excluding hydrogens is 490 g/mol. The first kappa shape index (κ1) is 17.6. The fraction of sp³-hybridized carbons (Fsp3) is 0. The third-order valence-electron chi connectivity index (χ3n) is 6.37. The van der Waals surface area contributed by atoms with Gasteiger partial charge < -0.3 is 4.42 Å². The third kappa shape index (κ3) is 4.01. The standard InChI is InChI=1S/C33H20ClN3O/c34-33-36-31(22-11-5-2-6-12-22)35-32(37-33)26-15-8-16-29-30(26)27-20-25(17-18-28(27)38-29)24-14-7-13-23(19-24)21-9-3-1-4-10-21/h1-20H/i2D,5D,6D,11D,12D. The van der Waals surface area contributed by atoms with Crippen molar-refractivity contribution < 1.29 is 11.3 Å². The van der Waals surface area contributed by atoms with Crippen molar-refractivity contribution in [2.24, 2.45) is 0 Å². The Labute approximate surface area is 231 Å². The van der Waals surface area contributed by atoms with Crippen LogP contribution in [0.25, 0.3) is 67.0 Å². The van der Waals surface area contributed by atoms with Gasteiger partial charge in [0, 0.05) is 21.9 Å². The molecule has 0 aliphatic carbocycles. The molecule has 0 saturated heterocycles. The van der Waals surface area contributed by atoms with E-state index >= 15 is 0 Å². The minimum atomic E-state index is -0.501. The van der Waals surface area contributed by atoms with Gasteiger partial charge >= 0.3 is 0 Å². The molecule has 0 radical (unpaired) electrons. The van der Waals surface area contributed by atoms with Gasteiger partial charge in [-0.3, -0.25) is 0 Å². The summed E-state index contributed by atoms with van der Waals surface area (Å²) in [6.45, 7) is 0. The summed E-state index contributed by atoms with van der Waals surface area (Å²) in [5.41, 5.74) is 6.02. The molecule has 0 saturated carbocycles. The molecule has 0 amide bonds. The van der Waals surface area contributed by atoms with Crippen molar-refractivity contribution in [3.05, 3.63) is 126 Å². The number of hydrogen-bond donors (Lipinski definition) is 0. The maximum absolute atomic E-state index is 8.38. The van der Waals surface area contributed by atoms with Crippen molar-refractivity contribution in [3.63, 3.8) is 0 Å². The molecule has 0 aliphatic rings. The molecule has 180 valence electrons. The van der Waals surface area contributed by atoms with Gasteiger partial charge in [-0.25, -0.2) is 4.98 Å². The second kappa shape index (κ2) is 9.25. The van der Waals surface area contributed by atoms with E-state index in [1.807, 2.05) is 54.6 Å². The molecule has 7 aromatic rings. The van der Waals surface area contributed by atoms with Crippen molar-refractivity contribution in [3.8, 4) is 45.0 Å². The van der Waals surface area contributed by atoms with Crippen LogP contribution in [0.3, 0.4) is 0 Å². The number of nitrogens with zero attached hydrogens (tertiary/aromatic N) is 3. The average Bonchev–Trinajstić information content (AvgIpc) is 3.41. The van der Waals surface area contributed by atoms with Crippen LogP contribution in [0.4, 0.5) is 0 Å². The Kier molecular flexibility index (Phi) is 4.29. The number of rotatable bonds is 4. The van der Waals surface area contributed by atoms with Crippen molar-refractivity contribution >= 4 is 33.5 Å². The molecule has 2 aromatic heterocycles. The van der Waals surface area contributed by atoms with E-state index in [1.165, 1.54) is 0 Å². The zero-order chi connectivity index (χ0) is 29.8. The summed E-state index contributed by atoms with van der Waals surface area (Å²) in [5, 5.41) is 1.43. The Balaban J connectivity index is 1.41. The molecule has 0 unspecified atom stereocenters. The average molecular weight is 515 g/mol. The van der Waals surface area contributed by atoms with Gasteiger partial charge in [0.15, 0.2) is 11.6 Å². The molecule has 0 fully saturated rings. The molecule has 0 N–H and O–H groups in total. The van der Waals surface area contributed by atoms with E-state index in [9.17, 15) is 0 Å². The Morgan fingerprint density at radius 1 is 0.579 bits per heavy atom. The number of aromatic nitrogens is 3. The summed E-state index contributed by atoms with van der Waals surface area (Å²) in [4.78, 5) is 13.0. The summed E-state index contributed by atoms with van der Waals surface area (Å²) < 4.78 is 47.0. The molecule has 4 nitrogen and oxygen atoms in total. The van der Waals surface area contributed by atoms with Gasteiger partial charge in [-0.15, -0.1) is 0 Å². The van der Waals surface area contributed by atoms with Crippen LogP contribution < -0.4 is 0 Å². The van der Waals surface area contributed by atoms with Gasteiger partial charge in [-0.1, -0.05) is 96.9 Å². The summed E-state index contributed by atoms with van der Waals surface area (Å²) in [5.74, 6) is 0.0711. The molecule has 5 heteroatoms. The van der Waals surface area contributed by atoms with Crippen LogP contribution in [0.15, 0.2) is 126 Å². The van der Waals surface area contributed by atoms with Crippen LogP contribution in [0.5, 0.6) is 0 Å². The van der Waals surface area contributed by atoms with Crippen LogP contribution in [-0.2, 0) is 0 Å². The minimum Gasteiger partial charge on any atom is -0.456 e. The second-order valence-corrected chi connectivity index (χ2v) is 9.03. The molecule has 2 heterocycles. The zero-order valence-electron chi connectivity index (χ0n) is 24.8. The molecule has 0 atom stereocenters. The van der Waals surface area contributed by atoms with Crippen molar-refractivity contribution in [2.45, 2.75) is 0 Å². The second-order valence-electron chi connectivity index (χ2n) is 8.69. The zero-order valence-corrected chi connectivity index (χ0v) is 20.5. The molecule has 0 aliphatic heterocycles. The fourth-order valence-electron chi connectivity index (χ4n) is 4.65. The van der Waals surface area contributed by atoms with Gasteiger partial charge in [0.1, 0.15) is 11.2 Å². The van der Waals surface area contributed by atoms with Gasteiger partial charge in [-0.05, 0) is 58.1 Å². The molecular formula is C33H20ClN3O. The SMILES string of the molecule is [2H]c1c([2H])c([2H])c(-c2nc(Cl)nc(-c3cccc4oc5ccc(-c6cccc(-c7ccccc7)c6)cc5c34)n2)c([2H])c1[2H]. The Hall–Kier alpha value is -4.80. The quantitative estimate of drug-likeness (QED) is 0.235. The predicted molar refractivity (Wildman–Crippen MR) is 154 cm³/mol. The van der Waals surface area contributed by atoms with Gasteiger partial charge in [0.05, 0.1) is 6.85 Å². The maximum atomic E-state index is 8.38. The predicted octanol–water partition coefficient (Wildman–Crippen LogP) is 9.09. The highest BCUT2D eigenvalue weighted by atomic mass is 35.5. The van der Waals surface area contributed by atoms with E-state index < -0.39 is 30.2 Å². The topological polar surface area (TPSA) is 51.8 Å². The van der Waals surface area contributed by atoms with Crippen molar-refractivity contribution in [1.29, 1.82) is 0 Å². The summed E-state index contributed by atoms with van der Waals surface area (Å²) in [6, 6.07) is 27.7. The smallest absolute Gasteiger partial charge is 0.226 e. The lowest BCUT2D eigenvalue weighted by atomic mass is 9.97. The summed E-state index contributed by atoms with van der Waals surface area (Å²) >= 11 is 6.34. The van der Waals surface area contributed by atoms with Crippen molar-refractivity contribution in [1.82, 2.24) is 15.0 Å². The molecule has 0 bridgehead atoms. The Morgan fingerprint density at radius 3 is 2.13 bits per heavy atom. The number of halogens is 1. The number of hydrogen-bond acceptors (Lipinski definition) is 4. The molecule has 0 spiro atoms. The van der Waals surface area contributed by atoms with E-state index in [1.54, 1.807) is 0 Å². The van der Waals surface area contributed by atoms with E-state index in [-0.39, 0.29) is 22.5 Å². The molecule has 7 rings (SSSR count). The van der Waals surface area contributed by atoms with Gasteiger partial charge in [-0.2, -0.15) is 9.97 Å². The van der Waals surface area contributed by atoms with E-state index in [0.29, 0.717) is 16.7 Å². The van der Waals surface area contributed by atoms with Crippen LogP contribution >= 0.6 is 11.6 Å². The van der Waals surface area contributed by atoms with E-state index in [0.717, 1.165) is 33.0 Å². The number of furan rings is 1. The Morgan fingerprint density at radius 2 is 1.29 bits per heavy atom. The molecule has 5 aromatic carbocycles. The Bertz CT molecular complexity index is 2190. The highest BCUT2D eigenvalue weighted by Gasteiger charge is 2.17. The van der Waals surface area contributed by atoms with Crippen LogP contribution in [0.2, 0.25) is 5.28 Å². The van der Waals surface area contributed by atoms with Crippen LogP contribution in [0, 0.1) is 0 Å². The normalized spacial score (nSPS) is 13.1. The fourth-order valence-corrected chi connectivity index (χ4v) is 4.81. The monoisotopic (exact) mass is 514 g/mol. The lowest BCUT2D eigenvalue weighted by Crippen LogP contribution is -1.97. The van der Waals surface area contributed by atoms with Gasteiger partial charge in [0.2, 0.25) is 5.28 Å². The lowest BCUT2D eigenvalue weighted by molar-refractivity contribution is 0.669. The van der Waals surface area contributed by atoms with E-state index in [4.69, 9.17) is 22.9 Å². The first-order valence-electron chi connectivity index (χ1n) is 14.4. The lowest BCUT2D eigenvalue weighted by Gasteiger charge is -2.07. The first-order chi connectivity index (χ1) is 20.8. The third-order valence-corrected chi connectivity index (χ3v) is 6.54. The number of benzene rings is 5. The van der Waals surface area contributed by atoms with Crippen LogP contribution in [-0.4, -0.2) is 15.0 Å². The summed E-state index contributed by atoms with van der Waals surface area (Å²) in [7, 11) is 0. The maximum Gasteiger partial charge on any atom is 0.226 e. The van der Waals surface area contributed by atoms with Crippen LogP contribution in [0.1, 0.15) is 6.85 Å². The largest absolute Gasteiger partial charge is 0.456 e. The highest BCUT2D eigenvalue weighted by Crippen LogP contribution is 2.38. The minimum absolute atomic E-state index is 0.116. The highest BCUT2D eigenvalue weighted by molar-refractivity contribution is 6.28. The van der Waals surface area contributed by atoms with Crippen molar-refractivity contribution in [2.75, 3.05) is 0 Å². The number of fused-ring (bicyclic) bond motifs is 3.